The van der Waals surface area contributed by atoms with Gasteiger partial charge in [0.25, 0.3) is 0 Å². The Bertz CT molecular complexity index is 558. The molecule has 1 aliphatic heterocycles. The van der Waals surface area contributed by atoms with E-state index in [-0.39, 0.29) is 6.04 Å². The molecule has 1 atom stereocenters. The molecule has 1 unspecified atom stereocenters. The van der Waals surface area contributed by atoms with Crippen LogP contribution in [0.1, 0.15) is 18.1 Å². The molecule has 0 saturated carbocycles. The van der Waals surface area contributed by atoms with Crippen LogP contribution in [0.15, 0.2) is 23.1 Å². The average molecular weight is 300 g/mol. The quantitative estimate of drug-likeness (QED) is 0.920. The maximum Gasteiger partial charge on any atom is 0.243 e. The molecule has 0 radical (unpaired) electrons. The number of hydrogen-bond donors (Lipinski definition) is 1. The van der Waals surface area contributed by atoms with Crippen molar-refractivity contribution in [1.29, 1.82) is 0 Å². The Kier molecular flexibility index (Phi) is 4.55. The van der Waals surface area contributed by atoms with E-state index in [4.69, 9.17) is 5.73 Å². The van der Waals surface area contributed by atoms with Gasteiger partial charge in [-0.1, -0.05) is 12.1 Å². The van der Waals surface area contributed by atoms with Gasteiger partial charge in [0.1, 0.15) is 0 Å². The molecule has 1 aromatic carbocycles. The highest BCUT2D eigenvalue weighted by Gasteiger charge is 2.32. The topological polar surface area (TPSA) is 63.4 Å². The largest absolute Gasteiger partial charge is 0.326 e. The minimum Gasteiger partial charge on any atom is -0.326 e. The highest BCUT2D eigenvalue weighted by atomic mass is 32.2. The number of thioether (sulfide) groups is 1. The zero-order chi connectivity index (χ0) is 14.0. The van der Waals surface area contributed by atoms with Gasteiger partial charge in [-0.15, -0.1) is 0 Å². The molecule has 0 amide bonds. The van der Waals surface area contributed by atoms with Crippen LogP contribution in [0.2, 0.25) is 0 Å². The summed E-state index contributed by atoms with van der Waals surface area (Å²) in [5.41, 5.74) is 7.24. The summed E-state index contributed by atoms with van der Waals surface area (Å²) in [4.78, 5) is 0.397. The van der Waals surface area contributed by atoms with Crippen LogP contribution in [-0.2, 0) is 16.6 Å². The molecule has 2 N–H and O–H groups in total. The third-order valence-corrected chi connectivity index (χ3v) is 6.73. The molecule has 0 spiro atoms. The van der Waals surface area contributed by atoms with E-state index in [1.165, 1.54) is 0 Å². The molecule has 0 bridgehead atoms. The van der Waals surface area contributed by atoms with E-state index in [1.807, 2.05) is 26.0 Å². The van der Waals surface area contributed by atoms with Crippen LogP contribution in [0.3, 0.4) is 0 Å². The fraction of sp³-hybridized carbons (Fsp3) is 0.538. The molecule has 2 rings (SSSR count). The molecule has 0 aliphatic carbocycles. The third-order valence-electron chi connectivity index (χ3n) is 3.38. The summed E-state index contributed by atoms with van der Waals surface area (Å²) in [7, 11) is -3.41. The second-order valence-electron chi connectivity index (χ2n) is 4.84. The third kappa shape index (κ3) is 2.97. The Labute approximate surface area is 119 Å². The molecule has 1 aromatic rings. The molecular formula is C13H20N2O2S2. The normalized spacial score (nSPS) is 21.5. The van der Waals surface area contributed by atoms with Crippen molar-refractivity contribution >= 4 is 21.8 Å². The summed E-state index contributed by atoms with van der Waals surface area (Å²) >= 11 is 1.80. The Morgan fingerprint density at radius 3 is 2.84 bits per heavy atom. The van der Waals surface area contributed by atoms with Gasteiger partial charge >= 0.3 is 0 Å². The fourth-order valence-electron chi connectivity index (χ4n) is 2.24. The Balaban J connectivity index is 2.43. The van der Waals surface area contributed by atoms with Gasteiger partial charge in [0.15, 0.2) is 0 Å². The van der Waals surface area contributed by atoms with Gasteiger partial charge in [-0.2, -0.15) is 16.1 Å². The van der Waals surface area contributed by atoms with Crippen molar-refractivity contribution in [3.8, 4) is 0 Å². The first-order chi connectivity index (χ1) is 8.96. The lowest BCUT2D eigenvalue weighted by molar-refractivity contribution is 0.367. The first-order valence-electron chi connectivity index (χ1n) is 6.36. The standard InChI is InChI=1S/C13H20N2O2S2/c1-10-3-4-12(8-14)7-13(10)19(16,17)15-5-6-18-9-11(15)2/h3-4,7,11H,5-6,8-9,14H2,1-2H3. The van der Waals surface area contributed by atoms with E-state index in [0.29, 0.717) is 18.0 Å². The number of rotatable bonds is 3. The van der Waals surface area contributed by atoms with Gasteiger partial charge in [0, 0.05) is 30.6 Å². The summed E-state index contributed by atoms with van der Waals surface area (Å²) in [6, 6.07) is 5.46. The number of aryl methyl sites for hydroxylation is 1. The SMILES string of the molecule is Cc1ccc(CN)cc1S(=O)(=O)N1CCSCC1C. The van der Waals surface area contributed by atoms with Crippen molar-refractivity contribution in [2.24, 2.45) is 5.73 Å². The van der Waals surface area contributed by atoms with Crippen molar-refractivity contribution in [2.45, 2.75) is 31.3 Å². The molecule has 4 nitrogen and oxygen atoms in total. The lowest BCUT2D eigenvalue weighted by atomic mass is 10.1. The van der Waals surface area contributed by atoms with E-state index < -0.39 is 10.0 Å². The van der Waals surface area contributed by atoms with Crippen molar-refractivity contribution in [1.82, 2.24) is 4.31 Å². The van der Waals surface area contributed by atoms with Gasteiger partial charge in [-0.25, -0.2) is 8.42 Å². The van der Waals surface area contributed by atoms with Crippen molar-refractivity contribution in [2.75, 3.05) is 18.1 Å². The highest BCUT2D eigenvalue weighted by Crippen LogP contribution is 2.26. The van der Waals surface area contributed by atoms with Gasteiger partial charge < -0.3 is 5.73 Å². The maximum absolute atomic E-state index is 12.8. The van der Waals surface area contributed by atoms with Crippen LogP contribution in [0, 0.1) is 6.92 Å². The highest BCUT2D eigenvalue weighted by molar-refractivity contribution is 7.99. The first-order valence-corrected chi connectivity index (χ1v) is 8.95. The average Bonchev–Trinajstić information content (AvgIpc) is 2.39. The lowest BCUT2D eigenvalue weighted by Gasteiger charge is -2.32. The van der Waals surface area contributed by atoms with E-state index in [9.17, 15) is 8.42 Å². The molecular weight excluding hydrogens is 280 g/mol. The zero-order valence-electron chi connectivity index (χ0n) is 11.3. The summed E-state index contributed by atoms with van der Waals surface area (Å²) in [5.74, 6) is 1.72. The second kappa shape index (κ2) is 5.83. The first kappa shape index (κ1) is 14.8. The fourth-order valence-corrected chi connectivity index (χ4v) is 5.38. The Morgan fingerprint density at radius 2 is 2.21 bits per heavy atom. The number of sulfonamides is 1. The molecule has 19 heavy (non-hydrogen) atoms. The van der Waals surface area contributed by atoms with E-state index in [0.717, 1.165) is 22.6 Å². The lowest BCUT2D eigenvalue weighted by Crippen LogP contribution is -2.44. The van der Waals surface area contributed by atoms with E-state index in [2.05, 4.69) is 0 Å². The molecule has 6 heteroatoms. The number of nitrogens with two attached hydrogens (primary N) is 1. The molecule has 1 aliphatic rings. The van der Waals surface area contributed by atoms with Gasteiger partial charge in [-0.05, 0) is 31.0 Å². The predicted octanol–water partition coefficient (Wildman–Crippen LogP) is 1.58. The van der Waals surface area contributed by atoms with E-state index >= 15 is 0 Å². The van der Waals surface area contributed by atoms with Crippen LogP contribution in [0.5, 0.6) is 0 Å². The molecule has 106 valence electrons. The van der Waals surface area contributed by atoms with E-state index in [1.54, 1.807) is 22.1 Å². The minimum absolute atomic E-state index is 0.0460. The van der Waals surface area contributed by atoms with Crippen LogP contribution in [0.25, 0.3) is 0 Å². The molecule has 1 heterocycles. The van der Waals surface area contributed by atoms with Crippen LogP contribution in [-0.4, -0.2) is 36.8 Å². The van der Waals surface area contributed by atoms with Crippen LogP contribution < -0.4 is 5.73 Å². The Hall–Kier alpha value is -0.560. The maximum atomic E-state index is 12.8. The zero-order valence-corrected chi connectivity index (χ0v) is 12.9. The Morgan fingerprint density at radius 1 is 1.47 bits per heavy atom. The monoisotopic (exact) mass is 300 g/mol. The summed E-state index contributed by atoms with van der Waals surface area (Å²) in [6.07, 6.45) is 0. The molecule has 1 saturated heterocycles. The van der Waals surface area contributed by atoms with Gasteiger partial charge in [-0.3, -0.25) is 0 Å². The van der Waals surface area contributed by atoms with Gasteiger partial charge in [0.05, 0.1) is 4.90 Å². The number of benzene rings is 1. The summed E-state index contributed by atoms with van der Waals surface area (Å²) in [5, 5.41) is 0. The number of nitrogens with zero attached hydrogens (tertiary/aromatic N) is 1. The summed E-state index contributed by atoms with van der Waals surface area (Å²) in [6.45, 7) is 4.73. The van der Waals surface area contributed by atoms with Crippen molar-refractivity contribution in [3.63, 3.8) is 0 Å². The molecule has 0 aromatic heterocycles. The second-order valence-corrected chi connectivity index (χ2v) is 7.85. The predicted molar refractivity (Wildman–Crippen MR) is 79.7 cm³/mol. The van der Waals surface area contributed by atoms with Crippen molar-refractivity contribution in [3.05, 3.63) is 29.3 Å². The van der Waals surface area contributed by atoms with Gasteiger partial charge in [0.2, 0.25) is 10.0 Å². The minimum atomic E-state index is -3.41. The van der Waals surface area contributed by atoms with Crippen LogP contribution >= 0.6 is 11.8 Å². The summed E-state index contributed by atoms with van der Waals surface area (Å²) < 4.78 is 27.1. The molecule has 1 fully saturated rings. The number of hydrogen-bond acceptors (Lipinski definition) is 4. The van der Waals surface area contributed by atoms with Crippen LogP contribution in [0.4, 0.5) is 0 Å². The van der Waals surface area contributed by atoms with Crippen molar-refractivity contribution < 1.29 is 8.42 Å². The smallest absolute Gasteiger partial charge is 0.243 e.